The van der Waals surface area contributed by atoms with Crippen molar-refractivity contribution in [3.63, 3.8) is 0 Å². The van der Waals surface area contributed by atoms with Crippen molar-refractivity contribution in [2.45, 2.75) is 18.6 Å². The van der Waals surface area contributed by atoms with Gasteiger partial charge in [0.1, 0.15) is 16.8 Å². The Labute approximate surface area is 115 Å². The van der Waals surface area contributed by atoms with E-state index >= 15 is 0 Å². The van der Waals surface area contributed by atoms with E-state index < -0.39 is 20.5 Å². The monoisotopic (exact) mass is 311 g/mol. The maximum absolute atomic E-state index is 11.9. The third-order valence-electron chi connectivity index (χ3n) is 2.47. The van der Waals surface area contributed by atoms with Gasteiger partial charge in [-0.15, -0.1) is 0 Å². The molecule has 1 aromatic rings. The summed E-state index contributed by atoms with van der Waals surface area (Å²) in [6, 6.07) is 0. The molecule has 0 atom stereocenters. The summed E-state index contributed by atoms with van der Waals surface area (Å²) in [5.74, 6) is -0.761. The lowest BCUT2D eigenvalue weighted by Gasteiger charge is -2.21. The highest BCUT2D eigenvalue weighted by Crippen LogP contribution is 2.27. The van der Waals surface area contributed by atoms with Crippen LogP contribution in [-0.2, 0) is 14.6 Å². The second kappa shape index (κ2) is 4.99. The molecule has 18 heavy (non-hydrogen) atoms. The molecule has 0 fully saturated rings. The minimum Gasteiger partial charge on any atom is -0.320 e. The number of carbonyl (C=O) groups is 1. The summed E-state index contributed by atoms with van der Waals surface area (Å²) in [7, 11) is -3.59. The molecule has 0 aromatic carbocycles. The molecule has 0 radical (unpaired) electrons. The highest BCUT2D eigenvalue weighted by Gasteiger charge is 2.39. The number of hydrogen-bond acceptors (Lipinski definition) is 5. The smallest absolute Gasteiger partial charge is 0.245 e. The number of halogens is 2. The zero-order valence-electron chi connectivity index (χ0n) is 9.86. The van der Waals surface area contributed by atoms with E-state index in [1.807, 2.05) is 0 Å². The highest BCUT2D eigenvalue weighted by atomic mass is 35.5. The van der Waals surface area contributed by atoms with Gasteiger partial charge < -0.3 is 5.32 Å². The Balaban J connectivity index is 3.10. The van der Waals surface area contributed by atoms with E-state index in [0.29, 0.717) is 0 Å². The van der Waals surface area contributed by atoms with Gasteiger partial charge in [0, 0.05) is 6.26 Å². The maximum Gasteiger partial charge on any atom is 0.245 e. The van der Waals surface area contributed by atoms with Crippen LogP contribution in [0.2, 0.25) is 10.3 Å². The van der Waals surface area contributed by atoms with Crippen LogP contribution in [0.25, 0.3) is 0 Å². The summed E-state index contributed by atoms with van der Waals surface area (Å²) in [5.41, 5.74) is -0.0115. The quantitative estimate of drug-likeness (QED) is 0.855. The molecule has 1 N–H and O–H groups in total. The van der Waals surface area contributed by atoms with Crippen molar-refractivity contribution < 1.29 is 13.2 Å². The van der Waals surface area contributed by atoms with E-state index in [4.69, 9.17) is 23.2 Å². The number of nitrogens with zero attached hydrogens (tertiary/aromatic N) is 2. The van der Waals surface area contributed by atoms with Gasteiger partial charge in [-0.2, -0.15) is 0 Å². The van der Waals surface area contributed by atoms with Crippen molar-refractivity contribution >= 4 is 44.6 Å². The van der Waals surface area contributed by atoms with Crippen LogP contribution in [0.4, 0.5) is 5.69 Å². The summed E-state index contributed by atoms with van der Waals surface area (Å²) in [6.45, 7) is 2.56. The lowest BCUT2D eigenvalue weighted by molar-refractivity contribution is -0.117. The Morgan fingerprint density at radius 1 is 1.28 bits per heavy atom. The molecule has 6 nitrogen and oxygen atoms in total. The first-order valence-electron chi connectivity index (χ1n) is 4.74. The molecule has 0 aliphatic carbocycles. The van der Waals surface area contributed by atoms with Gasteiger partial charge in [0.15, 0.2) is 20.1 Å². The second-order valence-electron chi connectivity index (χ2n) is 4.07. The Kier molecular flexibility index (Phi) is 4.19. The standard InChI is InChI=1S/C9H11Cl2N3O3S/c1-9(2,18(3,16)17)8(15)14-5-6(10)12-4-13-7(5)11/h4H,1-3H3,(H,14,15). The number of carbonyl (C=O) groups excluding carboxylic acids is 1. The molecular formula is C9H11Cl2N3O3S. The van der Waals surface area contributed by atoms with E-state index in [9.17, 15) is 13.2 Å². The lowest BCUT2D eigenvalue weighted by Crippen LogP contribution is -2.44. The summed E-state index contributed by atoms with van der Waals surface area (Å²) in [4.78, 5) is 19.2. The van der Waals surface area contributed by atoms with Gasteiger partial charge in [-0.1, -0.05) is 23.2 Å². The van der Waals surface area contributed by atoms with Crippen LogP contribution in [0, 0.1) is 0 Å². The average molecular weight is 312 g/mol. The molecular weight excluding hydrogens is 301 g/mol. The van der Waals surface area contributed by atoms with Gasteiger partial charge in [0.2, 0.25) is 5.91 Å². The second-order valence-corrected chi connectivity index (χ2v) is 7.35. The van der Waals surface area contributed by atoms with E-state index in [0.717, 1.165) is 12.6 Å². The van der Waals surface area contributed by atoms with Gasteiger partial charge in [-0.05, 0) is 13.8 Å². The van der Waals surface area contributed by atoms with Crippen LogP contribution in [0.15, 0.2) is 6.33 Å². The summed E-state index contributed by atoms with van der Waals surface area (Å²) in [6.07, 6.45) is 2.10. The van der Waals surface area contributed by atoms with E-state index in [1.54, 1.807) is 0 Å². The molecule has 1 aromatic heterocycles. The normalized spacial score (nSPS) is 12.3. The molecule has 0 saturated carbocycles. The van der Waals surface area contributed by atoms with Gasteiger partial charge >= 0.3 is 0 Å². The Bertz CT molecular complexity index is 566. The van der Waals surface area contributed by atoms with Crippen LogP contribution in [0.1, 0.15) is 13.8 Å². The molecule has 1 amide bonds. The molecule has 1 heterocycles. The predicted molar refractivity (Wildman–Crippen MR) is 69.6 cm³/mol. The number of nitrogens with one attached hydrogen (secondary N) is 1. The molecule has 1 rings (SSSR count). The fourth-order valence-corrected chi connectivity index (χ4v) is 1.68. The third-order valence-corrected chi connectivity index (χ3v) is 5.08. The average Bonchev–Trinajstić information content (AvgIpc) is 2.21. The lowest BCUT2D eigenvalue weighted by atomic mass is 10.2. The van der Waals surface area contributed by atoms with E-state index in [2.05, 4.69) is 15.3 Å². The first-order chi connectivity index (χ1) is 8.07. The fourth-order valence-electron chi connectivity index (χ4n) is 0.880. The van der Waals surface area contributed by atoms with Crippen LogP contribution in [0.3, 0.4) is 0 Å². The van der Waals surface area contributed by atoms with Gasteiger partial charge in [0.05, 0.1) is 0 Å². The highest BCUT2D eigenvalue weighted by molar-refractivity contribution is 7.92. The molecule has 0 saturated heterocycles. The topological polar surface area (TPSA) is 89.0 Å². The van der Waals surface area contributed by atoms with Crippen LogP contribution in [-0.4, -0.2) is 35.3 Å². The van der Waals surface area contributed by atoms with Crippen molar-refractivity contribution in [2.24, 2.45) is 0 Å². The zero-order chi connectivity index (χ0) is 14.1. The summed E-state index contributed by atoms with van der Waals surface area (Å²) < 4.78 is 21.4. The molecule has 100 valence electrons. The number of aromatic nitrogens is 2. The van der Waals surface area contributed by atoms with Crippen LogP contribution in [0.5, 0.6) is 0 Å². The first-order valence-corrected chi connectivity index (χ1v) is 7.39. The van der Waals surface area contributed by atoms with Gasteiger partial charge in [-0.25, -0.2) is 18.4 Å². The van der Waals surface area contributed by atoms with Gasteiger partial charge in [-0.3, -0.25) is 4.79 Å². The predicted octanol–water partition coefficient (Wildman–Crippen LogP) is 1.55. The molecule has 0 bridgehead atoms. The van der Waals surface area contributed by atoms with Crippen molar-refractivity contribution in [3.8, 4) is 0 Å². The zero-order valence-corrected chi connectivity index (χ0v) is 12.2. The van der Waals surface area contributed by atoms with Gasteiger partial charge in [0.25, 0.3) is 0 Å². The minimum atomic E-state index is -3.59. The summed E-state index contributed by atoms with van der Waals surface area (Å²) >= 11 is 11.5. The Hall–Kier alpha value is -0.920. The SMILES string of the molecule is CC(C)(C(=O)Nc1c(Cl)ncnc1Cl)S(C)(=O)=O. The van der Waals surface area contributed by atoms with Crippen LogP contribution < -0.4 is 5.32 Å². The molecule has 0 aliphatic heterocycles. The summed E-state index contributed by atoms with van der Waals surface area (Å²) in [5, 5.41) is 2.19. The fraction of sp³-hybridized carbons (Fsp3) is 0.444. The molecule has 0 spiro atoms. The Morgan fingerprint density at radius 2 is 1.72 bits per heavy atom. The molecule has 0 unspecified atom stereocenters. The van der Waals surface area contributed by atoms with Crippen molar-refractivity contribution in [1.82, 2.24) is 9.97 Å². The minimum absolute atomic E-state index is 0.0115. The molecule has 9 heteroatoms. The third kappa shape index (κ3) is 2.90. The van der Waals surface area contributed by atoms with E-state index in [1.165, 1.54) is 13.8 Å². The van der Waals surface area contributed by atoms with Crippen molar-refractivity contribution in [2.75, 3.05) is 11.6 Å². The van der Waals surface area contributed by atoms with Crippen molar-refractivity contribution in [3.05, 3.63) is 16.6 Å². The van der Waals surface area contributed by atoms with Crippen molar-refractivity contribution in [1.29, 1.82) is 0 Å². The number of hydrogen-bond donors (Lipinski definition) is 1. The first kappa shape index (κ1) is 15.1. The largest absolute Gasteiger partial charge is 0.320 e. The Morgan fingerprint density at radius 3 is 2.11 bits per heavy atom. The number of sulfone groups is 1. The van der Waals surface area contributed by atoms with Crippen LogP contribution >= 0.6 is 23.2 Å². The molecule has 0 aliphatic rings. The number of anilines is 1. The number of amides is 1. The number of rotatable bonds is 3. The maximum atomic E-state index is 11.9. The van der Waals surface area contributed by atoms with E-state index in [-0.39, 0.29) is 16.0 Å².